The van der Waals surface area contributed by atoms with Crippen molar-refractivity contribution in [3.05, 3.63) is 12.7 Å². The predicted octanol–water partition coefficient (Wildman–Crippen LogP) is 1.30. The van der Waals surface area contributed by atoms with Crippen LogP contribution in [0.25, 0.3) is 0 Å². The van der Waals surface area contributed by atoms with Crippen LogP contribution in [0.1, 0.15) is 38.5 Å². The molecule has 1 unspecified atom stereocenters. The summed E-state index contributed by atoms with van der Waals surface area (Å²) < 4.78 is 1.90. The number of carbonyl (C=O) groups is 1. The molecular formula is C16H27N5O. The van der Waals surface area contributed by atoms with Gasteiger partial charge in [-0.05, 0) is 57.0 Å². The quantitative estimate of drug-likeness (QED) is 0.910. The molecule has 2 aliphatic rings. The highest BCUT2D eigenvalue weighted by molar-refractivity contribution is 5.76. The Morgan fingerprint density at radius 2 is 2.00 bits per heavy atom. The Hall–Kier alpha value is -1.43. The molecule has 2 fully saturated rings. The molecule has 1 amide bonds. The third-order valence-corrected chi connectivity index (χ3v) is 5.04. The summed E-state index contributed by atoms with van der Waals surface area (Å²) in [5, 5.41) is 7.59. The zero-order valence-electron chi connectivity index (χ0n) is 13.3. The molecule has 2 aliphatic heterocycles. The van der Waals surface area contributed by atoms with Crippen molar-refractivity contribution in [3.63, 3.8) is 0 Å². The molecule has 0 aliphatic carbocycles. The third kappa shape index (κ3) is 4.29. The van der Waals surface area contributed by atoms with Gasteiger partial charge in [0.2, 0.25) is 5.91 Å². The Bertz CT molecular complexity index is 445. The lowest BCUT2D eigenvalue weighted by molar-refractivity contribution is -0.133. The Balaban J connectivity index is 1.41. The Labute approximate surface area is 132 Å². The van der Waals surface area contributed by atoms with Crippen LogP contribution in [0.4, 0.5) is 0 Å². The molecule has 0 aromatic carbocycles. The molecule has 0 radical (unpaired) electrons. The van der Waals surface area contributed by atoms with E-state index in [1.165, 1.54) is 12.8 Å². The van der Waals surface area contributed by atoms with E-state index in [1.54, 1.807) is 12.7 Å². The predicted molar refractivity (Wildman–Crippen MR) is 84.2 cm³/mol. The minimum Gasteiger partial charge on any atom is -0.343 e. The summed E-state index contributed by atoms with van der Waals surface area (Å²) in [6, 6.07) is 0. The first-order valence-corrected chi connectivity index (χ1v) is 8.62. The van der Waals surface area contributed by atoms with Crippen LogP contribution in [0, 0.1) is 11.8 Å². The van der Waals surface area contributed by atoms with Crippen LogP contribution < -0.4 is 5.32 Å². The van der Waals surface area contributed by atoms with Gasteiger partial charge in [-0.2, -0.15) is 5.10 Å². The standard InChI is InChI=1S/C16H27N5O/c22-16(10-14-2-1-6-17-7-3-14)20-8-4-15(5-9-20)11-21-13-18-12-19-21/h12-15,17H,1-11H2. The first kappa shape index (κ1) is 15.5. The number of piperidine rings is 1. The second-order valence-electron chi connectivity index (χ2n) is 6.69. The zero-order chi connectivity index (χ0) is 15.2. The van der Waals surface area contributed by atoms with Gasteiger partial charge in [-0.15, -0.1) is 0 Å². The van der Waals surface area contributed by atoms with E-state index in [9.17, 15) is 4.79 Å². The number of hydrogen-bond donors (Lipinski definition) is 1. The van der Waals surface area contributed by atoms with Crippen molar-refractivity contribution in [1.29, 1.82) is 0 Å². The van der Waals surface area contributed by atoms with E-state index in [2.05, 4.69) is 20.3 Å². The maximum atomic E-state index is 12.5. The van der Waals surface area contributed by atoms with E-state index in [-0.39, 0.29) is 0 Å². The Kier molecular flexibility index (Phi) is 5.43. The van der Waals surface area contributed by atoms with Crippen LogP contribution in [0.5, 0.6) is 0 Å². The molecule has 1 aromatic heterocycles. The van der Waals surface area contributed by atoms with Crippen LogP contribution in [0.3, 0.4) is 0 Å². The first-order valence-electron chi connectivity index (χ1n) is 8.62. The van der Waals surface area contributed by atoms with Gasteiger partial charge in [0, 0.05) is 26.1 Å². The molecule has 3 heterocycles. The Morgan fingerprint density at radius 1 is 1.14 bits per heavy atom. The van der Waals surface area contributed by atoms with Gasteiger partial charge in [0.1, 0.15) is 12.7 Å². The highest BCUT2D eigenvalue weighted by Gasteiger charge is 2.25. The average Bonchev–Trinajstić information content (AvgIpc) is 2.91. The fourth-order valence-corrected chi connectivity index (χ4v) is 3.63. The number of aromatic nitrogens is 3. The highest BCUT2D eigenvalue weighted by atomic mass is 16.2. The molecule has 22 heavy (non-hydrogen) atoms. The summed E-state index contributed by atoms with van der Waals surface area (Å²) >= 11 is 0. The van der Waals surface area contributed by atoms with Crippen molar-refractivity contribution in [1.82, 2.24) is 25.0 Å². The molecule has 0 saturated carbocycles. The van der Waals surface area contributed by atoms with Gasteiger partial charge < -0.3 is 10.2 Å². The number of rotatable bonds is 4. The zero-order valence-corrected chi connectivity index (χ0v) is 13.3. The van der Waals surface area contributed by atoms with Gasteiger partial charge in [-0.3, -0.25) is 9.48 Å². The van der Waals surface area contributed by atoms with E-state index in [4.69, 9.17) is 0 Å². The van der Waals surface area contributed by atoms with Gasteiger partial charge in [-0.1, -0.05) is 0 Å². The van der Waals surface area contributed by atoms with Gasteiger partial charge in [-0.25, -0.2) is 4.98 Å². The molecule has 3 rings (SSSR count). The maximum absolute atomic E-state index is 12.5. The van der Waals surface area contributed by atoms with Crippen LogP contribution in [0.2, 0.25) is 0 Å². The summed E-state index contributed by atoms with van der Waals surface area (Å²) in [4.78, 5) is 18.5. The molecule has 1 atom stereocenters. The van der Waals surface area contributed by atoms with Crippen molar-refractivity contribution in [2.45, 2.75) is 45.1 Å². The Morgan fingerprint density at radius 3 is 2.77 bits per heavy atom. The van der Waals surface area contributed by atoms with E-state index >= 15 is 0 Å². The lowest BCUT2D eigenvalue weighted by Crippen LogP contribution is -2.40. The topological polar surface area (TPSA) is 63.1 Å². The molecule has 1 aromatic rings. The minimum atomic E-state index is 0.367. The van der Waals surface area contributed by atoms with Gasteiger partial charge in [0.15, 0.2) is 0 Å². The van der Waals surface area contributed by atoms with Crippen LogP contribution in [-0.2, 0) is 11.3 Å². The average molecular weight is 305 g/mol. The molecular weight excluding hydrogens is 278 g/mol. The number of likely N-dealkylation sites (tertiary alicyclic amines) is 1. The third-order valence-electron chi connectivity index (χ3n) is 5.04. The van der Waals surface area contributed by atoms with Crippen molar-refractivity contribution in [2.75, 3.05) is 26.2 Å². The maximum Gasteiger partial charge on any atom is 0.222 e. The lowest BCUT2D eigenvalue weighted by Gasteiger charge is -2.32. The summed E-state index contributed by atoms with van der Waals surface area (Å²) in [7, 11) is 0. The second-order valence-corrected chi connectivity index (χ2v) is 6.69. The molecule has 0 spiro atoms. The van der Waals surface area contributed by atoms with Crippen LogP contribution >= 0.6 is 0 Å². The van der Waals surface area contributed by atoms with E-state index in [0.29, 0.717) is 17.7 Å². The van der Waals surface area contributed by atoms with Crippen molar-refractivity contribution < 1.29 is 4.79 Å². The first-order chi connectivity index (χ1) is 10.8. The van der Waals surface area contributed by atoms with E-state index in [1.807, 2.05) is 4.68 Å². The molecule has 0 bridgehead atoms. The van der Waals surface area contributed by atoms with Crippen molar-refractivity contribution >= 4 is 5.91 Å². The van der Waals surface area contributed by atoms with E-state index in [0.717, 1.165) is 58.4 Å². The number of nitrogens with zero attached hydrogens (tertiary/aromatic N) is 4. The second kappa shape index (κ2) is 7.72. The van der Waals surface area contributed by atoms with Crippen LogP contribution in [0.15, 0.2) is 12.7 Å². The molecule has 122 valence electrons. The highest BCUT2D eigenvalue weighted by Crippen LogP contribution is 2.23. The van der Waals surface area contributed by atoms with Crippen molar-refractivity contribution in [2.24, 2.45) is 11.8 Å². The molecule has 6 heteroatoms. The minimum absolute atomic E-state index is 0.367. The fourth-order valence-electron chi connectivity index (χ4n) is 3.63. The summed E-state index contributed by atoms with van der Waals surface area (Å²) in [6.45, 7) is 4.92. The molecule has 2 saturated heterocycles. The largest absolute Gasteiger partial charge is 0.343 e. The SMILES string of the molecule is O=C(CC1CCCNCC1)N1CCC(Cn2cncn2)CC1. The number of nitrogens with one attached hydrogen (secondary N) is 1. The molecule has 6 nitrogen and oxygen atoms in total. The number of carbonyl (C=O) groups excluding carboxylic acids is 1. The smallest absolute Gasteiger partial charge is 0.222 e. The van der Waals surface area contributed by atoms with E-state index < -0.39 is 0 Å². The van der Waals surface area contributed by atoms with Gasteiger partial charge in [0.25, 0.3) is 0 Å². The van der Waals surface area contributed by atoms with Gasteiger partial charge >= 0.3 is 0 Å². The summed E-state index contributed by atoms with van der Waals surface area (Å²) in [5.41, 5.74) is 0. The lowest BCUT2D eigenvalue weighted by atomic mass is 9.93. The van der Waals surface area contributed by atoms with Gasteiger partial charge in [0.05, 0.1) is 0 Å². The van der Waals surface area contributed by atoms with Crippen LogP contribution in [-0.4, -0.2) is 51.8 Å². The molecule has 1 N–H and O–H groups in total. The monoisotopic (exact) mass is 305 g/mol. The number of amides is 1. The normalized spacial score (nSPS) is 24.2. The van der Waals surface area contributed by atoms with Crippen molar-refractivity contribution in [3.8, 4) is 0 Å². The summed E-state index contributed by atoms with van der Waals surface area (Å²) in [6.07, 6.45) is 9.82. The fraction of sp³-hybridized carbons (Fsp3) is 0.812. The number of hydrogen-bond acceptors (Lipinski definition) is 4. The summed E-state index contributed by atoms with van der Waals surface area (Å²) in [5.74, 6) is 1.56.